The summed E-state index contributed by atoms with van der Waals surface area (Å²) in [6.45, 7) is 0.458. The fourth-order valence-corrected chi connectivity index (χ4v) is 0.846. The lowest BCUT2D eigenvalue weighted by Crippen LogP contribution is -2.28. The van der Waals surface area contributed by atoms with Gasteiger partial charge in [-0.1, -0.05) is 18.2 Å². The lowest BCUT2D eigenvalue weighted by molar-refractivity contribution is 0.198. The summed E-state index contributed by atoms with van der Waals surface area (Å²) in [5.74, 6) is 0.383. The summed E-state index contributed by atoms with van der Waals surface area (Å²) >= 11 is 0. The molecular formula is C10H12NO3. The highest BCUT2D eigenvalue weighted by molar-refractivity contribution is 5.70. The second kappa shape index (κ2) is 5.99. The van der Waals surface area contributed by atoms with Crippen LogP contribution in [0.25, 0.3) is 0 Å². The second-order valence-corrected chi connectivity index (χ2v) is 2.62. The predicted molar refractivity (Wildman–Crippen MR) is 51.0 cm³/mol. The van der Waals surface area contributed by atoms with Gasteiger partial charge in [-0.3, -0.25) is 0 Å². The predicted octanol–water partition coefficient (Wildman–Crippen LogP) is 0.958. The molecule has 0 aliphatic heterocycles. The SMILES string of the molecule is O=C(NCCCO)Oc1[c]cccc1. The van der Waals surface area contributed by atoms with Gasteiger partial charge in [-0.05, 0) is 12.5 Å². The van der Waals surface area contributed by atoms with Crippen molar-refractivity contribution in [1.82, 2.24) is 5.32 Å². The van der Waals surface area contributed by atoms with Gasteiger partial charge in [0.15, 0.2) is 0 Å². The highest BCUT2D eigenvalue weighted by Crippen LogP contribution is 2.06. The molecule has 0 fully saturated rings. The Kier molecular flexibility index (Phi) is 4.50. The molecule has 0 spiro atoms. The van der Waals surface area contributed by atoms with Crippen LogP contribution >= 0.6 is 0 Å². The fourth-order valence-electron chi connectivity index (χ4n) is 0.846. The van der Waals surface area contributed by atoms with Crippen LogP contribution < -0.4 is 10.1 Å². The molecule has 14 heavy (non-hydrogen) atoms. The van der Waals surface area contributed by atoms with Crippen molar-refractivity contribution >= 4 is 6.09 Å². The molecule has 1 rings (SSSR count). The number of nitrogens with one attached hydrogen (secondary N) is 1. The summed E-state index contributed by atoms with van der Waals surface area (Å²) in [4.78, 5) is 11.1. The third-order valence-corrected chi connectivity index (χ3v) is 1.49. The van der Waals surface area contributed by atoms with E-state index in [-0.39, 0.29) is 6.61 Å². The zero-order valence-corrected chi connectivity index (χ0v) is 7.69. The van der Waals surface area contributed by atoms with Crippen LogP contribution in [0.3, 0.4) is 0 Å². The molecule has 0 atom stereocenters. The lowest BCUT2D eigenvalue weighted by Gasteiger charge is -2.04. The van der Waals surface area contributed by atoms with E-state index in [4.69, 9.17) is 9.84 Å². The van der Waals surface area contributed by atoms with Gasteiger partial charge in [0.2, 0.25) is 0 Å². The molecule has 4 heteroatoms. The lowest BCUT2D eigenvalue weighted by atomic mass is 10.3. The zero-order valence-electron chi connectivity index (χ0n) is 7.69. The average Bonchev–Trinajstić information content (AvgIpc) is 2.20. The van der Waals surface area contributed by atoms with Gasteiger partial charge in [-0.15, -0.1) is 0 Å². The Morgan fingerprint density at radius 2 is 2.43 bits per heavy atom. The van der Waals surface area contributed by atoms with Gasteiger partial charge >= 0.3 is 6.09 Å². The molecule has 75 valence electrons. The van der Waals surface area contributed by atoms with Gasteiger partial charge in [0, 0.05) is 19.2 Å². The highest BCUT2D eigenvalue weighted by Gasteiger charge is 2.01. The first-order valence-corrected chi connectivity index (χ1v) is 4.36. The Morgan fingerprint density at radius 1 is 1.57 bits per heavy atom. The number of aliphatic hydroxyl groups is 1. The molecule has 0 heterocycles. The number of benzene rings is 1. The first kappa shape index (κ1) is 10.5. The zero-order chi connectivity index (χ0) is 10.2. The van der Waals surface area contributed by atoms with Crippen molar-refractivity contribution in [3.8, 4) is 5.75 Å². The van der Waals surface area contributed by atoms with Crippen molar-refractivity contribution in [2.24, 2.45) is 0 Å². The maximum absolute atomic E-state index is 11.1. The number of carbonyl (C=O) groups is 1. The monoisotopic (exact) mass is 194 g/mol. The molecule has 0 aromatic heterocycles. The summed E-state index contributed by atoms with van der Waals surface area (Å²) in [6, 6.07) is 9.61. The first-order valence-electron chi connectivity index (χ1n) is 4.36. The molecule has 2 N–H and O–H groups in total. The van der Waals surface area contributed by atoms with E-state index in [1.54, 1.807) is 24.3 Å². The van der Waals surface area contributed by atoms with E-state index in [0.29, 0.717) is 18.7 Å². The van der Waals surface area contributed by atoms with Crippen LogP contribution in [0, 0.1) is 6.07 Å². The van der Waals surface area contributed by atoms with E-state index in [0.717, 1.165) is 0 Å². The van der Waals surface area contributed by atoms with Crippen LogP contribution in [-0.4, -0.2) is 24.4 Å². The minimum atomic E-state index is -0.527. The van der Waals surface area contributed by atoms with Crippen molar-refractivity contribution in [2.45, 2.75) is 6.42 Å². The molecule has 1 aromatic rings. The molecule has 1 aromatic carbocycles. The van der Waals surface area contributed by atoms with E-state index in [1.807, 2.05) is 0 Å². The molecule has 0 saturated carbocycles. The Labute approximate surface area is 82.5 Å². The van der Waals surface area contributed by atoms with Gasteiger partial charge < -0.3 is 15.2 Å². The number of aliphatic hydroxyl groups excluding tert-OH is 1. The Morgan fingerprint density at radius 3 is 3.07 bits per heavy atom. The minimum Gasteiger partial charge on any atom is -0.410 e. The third kappa shape index (κ3) is 3.91. The molecule has 0 saturated heterocycles. The van der Waals surface area contributed by atoms with Crippen molar-refractivity contribution in [3.05, 3.63) is 30.3 Å². The number of rotatable bonds is 4. The number of carbonyl (C=O) groups excluding carboxylic acids is 1. The molecule has 0 bridgehead atoms. The molecule has 1 radical (unpaired) electrons. The first-order chi connectivity index (χ1) is 6.83. The maximum Gasteiger partial charge on any atom is 0.412 e. The normalized spacial score (nSPS) is 9.50. The number of hydrogen-bond donors (Lipinski definition) is 2. The largest absolute Gasteiger partial charge is 0.412 e. The number of amides is 1. The van der Waals surface area contributed by atoms with Crippen molar-refractivity contribution in [3.63, 3.8) is 0 Å². The topological polar surface area (TPSA) is 58.6 Å². The van der Waals surface area contributed by atoms with Crippen LogP contribution in [0.4, 0.5) is 4.79 Å². The Hall–Kier alpha value is -1.55. The number of ether oxygens (including phenoxy) is 1. The maximum atomic E-state index is 11.1. The molecule has 4 nitrogen and oxygen atoms in total. The summed E-state index contributed by atoms with van der Waals surface area (Å²) < 4.78 is 4.87. The van der Waals surface area contributed by atoms with E-state index in [9.17, 15) is 4.79 Å². The van der Waals surface area contributed by atoms with Gasteiger partial charge in [-0.25, -0.2) is 4.79 Å². The van der Waals surface area contributed by atoms with Gasteiger partial charge in [0.1, 0.15) is 5.75 Å². The number of hydrogen-bond acceptors (Lipinski definition) is 3. The summed E-state index contributed by atoms with van der Waals surface area (Å²) in [5.41, 5.74) is 0. The Balaban J connectivity index is 2.27. The van der Waals surface area contributed by atoms with Gasteiger partial charge in [-0.2, -0.15) is 0 Å². The quantitative estimate of drug-likeness (QED) is 0.702. The molecule has 1 amide bonds. The Bertz CT molecular complexity index is 274. The average molecular weight is 194 g/mol. The second-order valence-electron chi connectivity index (χ2n) is 2.62. The third-order valence-electron chi connectivity index (χ3n) is 1.49. The van der Waals surface area contributed by atoms with Crippen LogP contribution in [0.1, 0.15) is 6.42 Å². The summed E-state index contributed by atoms with van der Waals surface area (Å²) in [5, 5.41) is 11.0. The standard InChI is InChI=1S/C10H12NO3/c12-8-4-7-11-10(13)14-9-5-2-1-3-6-9/h1-3,5,12H,4,7-8H2,(H,11,13). The summed E-state index contributed by atoms with van der Waals surface area (Å²) in [6.07, 6.45) is -0.00551. The van der Waals surface area contributed by atoms with Gasteiger partial charge in [0.25, 0.3) is 0 Å². The van der Waals surface area contributed by atoms with Crippen molar-refractivity contribution in [2.75, 3.05) is 13.2 Å². The van der Waals surface area contributed by atoms with Crippen molar-refractivity contribution < 1.29 is 14.6 Å². The minimum absolute atomic E-state index is 0.0533. The molecular weight excluding hydrogens is 182 g/mol. The highest BCUT2D eigenvalue weighted by atomic mass is 16.6. The van der Waals surface area contributed by atoms with Crippen LogP contribution in [0.2, 0.25) is 0 Å². The van der Waals surface area contributed by atoms with Crippen LogP contribution in [-0.2, 0) is 0 Å². The molecule has 0 unspecified atom stereocenters. The van der Waals surface area contributed by atoms with Gasteiger partial charge in [0.05, 0.1) is 0 Å². The van der Waals surface area contributed by atoms with Crippen LogP contribution in [0.15, 0.2) is 24.3 Å². The molecule has 0 aliphatic rings. The van der Waals surface area contributed by atoms with Crippen molar-refractivity contribution in [1.29, 1.82) is 0 Å². The molecule has 0 aliphatic carbocycles. The van der Waals surface area contributed by atoms with E-state index < -0.39 is 6.09 Å². The summed E-state index contributed by atoms with van der Waals surface area (Å²) in [7, 11) is 0. The van der Waals surface area contributed by atoms with E-state index in [1.165, 1.54) is 0 Å². The smallest absolute Gasteiger partial charge is 0.410 e. The number of para-hydroxylation sites is 1. The fraction of sp³-hybridized carbons (Fsp3) is 0.300. The van der Waals surface area contributed by atoms with E-state index in [2.05, 4.69) is 11.4 Å². The van der Waals surface area contributed by atoms with Crippen LogP contribution in [0.5, 0.6) is 5.75 Å². The van der Waals surface area contributed by atoms with E-state index >= 15 is 0 Å².